The lowest BCUT2D eigenvalue weighted by Crippen LogP contribution is -2.04. The van der Waals surface area contributed by atoms with Crippen molar-refractivity contribution in [3.63, 3.8) is 0 Å². The summed E-state index contributed by atoms with van der Waals surface area (Å²) < 4.78 is 6.31. The number of hydrogen-bond acceptors (Lipinski definition) is 5. The van der Waals surface area contributed by atoms with Crippen LogP contribution in [0.15, 0.2) is 24.7 Å². The molecule has 6 nitrogen and oxygen atoms in total. The van der Waals surface area contributed by atoms with E-state index >= 15 is 0 Å². The van der Waals surface area contributed by atoms with E-state index in [4.69, 9.17) is 4.74 Å². The van der Waals surface area contributed by atoms with E-state index in [1.807, 2.05) is 6.92 Å². The van der Waals surface area contributed by atoms with Gasteiger partial charge in [0.2, 0.25) is 0 Å². The van der Waals surface area contributed by atoms with Crippen molar-refractivity contribution in [2.24, 2.45) is 0 Å². The van der Waals surface area contributed by atoms with E-state index in [-0.39, 0.29) is 0 Å². The fourth-order valence-corrected chi connectivity index (χ4v) is 1.30. The summed E-state index contributed by atoms with van der Waals surface area (Å²) in [6, 6.07) is 1.79. The van der Waals surface area contributed by atoms with E-state index in [1.54, 1.807) is 25.4 Å². The number of rotatable bonds is 3. The molecule has 17 heavy (non-hydrogen) atoms. The monoisotopic (exact) mass is 232 g/mol. The van der Waals surface area contributed by atoms with Crippen molar-refractivity contribution < 1.29 is 9.53 Å². The molecule has 0 aliphatic carbocycles. The summed E-state index contributed by atoms with van der Waals surface area (Å²) in [5.74, 6) is 0.0342. The first-order valence-corrected chi connectivity index (χ1v) is 5.22. The SMILES string of the molecule is CCOC(=O)c1cnn(-c2nccc(C)n2)c1. The maximum absolute atomic E-state index is 11.4. The minimum absolute atomic E-state index is 0.338. The molecule has 88 valence electrons. The average Bonchev–Trinajstić information content (AvgIpc) is 2.78. The van der Waals surface area contributed by atoms with Crippen molar-refractivity contribution in [2.45, 2.75) is 13.8 Å². The van der Waals surface area contributed by atoms with Crippen LogP contribution in [0.4, 0.5) is 0 Å². The molecule has 2 heterocycles. The average molecular weight is 232 g/mol. The van der Waals surface area contributed by atoms with Gasteiger partial charge < -0.3 is 4.74 Å². The molecule has 0 aliphatic heterocycles. The van der Waals surface area contributed by atoms with Gasteiger partial charge in [-0.2, -0.15) is 5.10 Å². The molecule has 0 saturated carbocycles. The molecular weight excluding hydrogens is 220 g/mol. The van der Waals surface area contributed by atoms with Gasteiger partial charge in [-0.1, -0.05) is 0 Å². The van der Waals surface area contributed by atoms with E-state index in [2.05, 4.69) is 15.1 Å². The first kappa shape index (κ1) is 11.3. The molecule has 0 radical (unpaired) electrons. The number of aryl methyl sites for hydroxylation is 1. The van der Waals surface area contributed by atoms with Gasteiger partial charge in [-0.15, -0.1) is 0 Å². The first-order valence-electron chi connectivity index (χ1n) is 5.22. The smallest absolute Gasteiger partial charge is 0.341 e. The zero-order chi connectivity index (χ0) is 12.3. The van der Waals surface area contributed by atoms with Crippen LogP contribution in [0.3, 0.4) is 0 Å². The summed E-state index contributed by atoms with van der Waals surface area (Å²) in [7, 11) is 0. The molecule has 0 fully saturated rings. The largest absolute Gasteiger partial charge is 0.462 e. The molecule has 2 rings (SSSR count). The molecule has 0 bridgehead atoms. The van der Waals surface area contributed by atoms with E-state index in [0.717, 1.165) is 5.69 Å². The summed E-state index contributed by atoms with van der Waals surface area (Å²) in [5.41, 5.74) is 1.22. The molecular formula is C11H12N4O2. The summed E-state index contributed by atoms with van der Waals surface area (Å²) in [4.78, 5) is 19.7. The van der Waals surface area contributed by atoms with Crippen LogP contribution in [0, 0.1) is 6.92 Å². The molecule has 2 aromatic rings. The summed E-state index contributed by atoms with van der Waals surface area (Å²) in [5, 5.41) is 4.02. The minimum atomic E-state index is -0.397. The van der Waals surface area contributed by atoms with Crippen molar-refractivity contribution in [1.29, 1.82) is 0 Å². The Labute approximate surface area is 98.3 Å². The number of carbonyl (C=O) groups is 1. The van der Waals surface area contributed by atoms with Gasteiger partial charge in [0.05, 0.1) is 18.4 Å². The van der Waals surface area contributed by atoms with Crippen molar-refractivity contribution in [1.82, 2.24) is 19.7 Å². The van der Waals surface area contributed by atoms with E-state index in [9.17, 15) is 4.79 Å². The maximum atomic E-state index is 11.4. The first-order chi connectivity index (χ1) is 8.20. The third-order valence-electron chi connectivity index (χ3n) is 2.08. The second-order valence-electron chi connectivity index (χ2n) is 3.39. The van der Waals surface area contributed by atoms with Gasteiger partial charge in [-0.3, -0.25) is 0 Å². The van der Waals surface area contributed by atoms with Gasteiger partial charge in [0, 0.05) is 18.1 Å². The zero-order valence-electron chi connectivity index (χ0n) is 9.62. The number of ether oxygens (including phenoxy) is 1. The predicted molar refractivity (Wildman–Crippen MR) is 59.8 cm³/mol. The number of aromatic nitrogens is 4. The fourth-order valence-electron chi connectivity index (χ4n) is 1.30. The zero-order valence-corrected chi connectivity index (χ0v) is 9.62. The number of nitrogens with zero attached hydrogens (tertiary/aromatic N) is 4. The molecule has 6 heteroatoms. The second kappa shape index (κ2) is 4.73. The molecule has 0 aliphatic rings. The highest BCUT2D eigenvalue weighted by Crippen LogP contribution is 2.05. The molecule has 0 saturated heterocycles. The molecule has 0 amide bonds. The standard InChI is InChI=1S/C11H12N4O2/c1-3-17-10(16)9-6-13-15(7-9)11-12-5-4-8(2)14-11/h4-7H,3H2,1-2H3. The molecule has 0 atom stereocenters. The van der Waals surface area contributed by atoms with Gasteiger partial charge in [0.25, 0.3) is 5.95 Å². The minimum Gasteiger partial charge on any atom is -0.462 e. The van der Waals surface area contributed by atoms with Crippen LogP contribution in [0.5, 0.6) is 0 Å². The maximum Gasteiger partial charge on any atom is 0.341 e. The van der Waals surface area contributed by atoms with Crippen LogP contribution in [-0.4, -0.2) is 32.3 Å². The molecule has 2 aromatic heterocycles. The van der Waals surface area contributed by atoms with Crippen molar-refractivity contribution in [2.75, 3.05) is 6.61 Å². The number of hydrogen-bond donors (Lipinski definition) is 0. The van der Waals surface area contributed by atoms with Gasteiger partial charge in [-0.25, -0.2) is 19.4 Å². The normalized spacial score (nSPS) is 10.2. The molecule has 0 spiro atoms. The van der Waals surface area contributed by atoms with Crippen LogP contribution in [0.2, 0.25) is 0 Å². The van der Waals surface area contributed by atoms with E-state index in [1.165, 1.54) is 10.9 Å². The summed E-state index contributed by atoms with van der Waals surface area (Å²) in [6.07, 6.45) is 4.62. The molecule has 0 unspecified atom stereocenters. The van der Waals surface area contributed by atoms with Gasteiger partial charge >= 0.3 is 5.97 Å². The summed E-state index contributed by atoms with van der Waals surface area (Å²) >= 11 is 0. The second-order valence-corrected chi connectivity index (χ2v) is 3.39. The number of carbonyl (C=O) groups excluding carboxylic acids is 1. The quantitative estimate of drug-likeness (QED) is 0.742. The predicted octanol–water partition coefficient (Wildman–Crippen LogP) is 1.15. The van der Waals surface area contributed by atoms with Gasteiger partial charge in [0.15, 0.2) is 0 Å². The molecule has 0 N–H and O–H groups in total. The Bertz CT molecular complexity index is 536. The number of esters is 1. The van der Waals surface area contributed by atoms with Crippen molar-refractivity contribution in [3.05, 3.63) is 35.9 Å². The van der Waals surface area contributed by atoms with Crippen LogP contribution in [-0.2, 0) is 4.74 Å². The van der Waals surface area contributed by atoms with Crippen molar-refractivity contribution >= 4 is 5.97 Å². The summed E-state index contributed by atoms with van der Waals surface area (Å²) in [6.45, 7) is 3.96. The van der Waals surface area contributed by atoms with Crippen LogP contribution in [0.25, 0.3) is 5.95 Å². The van der Waals surface area contributed by atoms with Crippen LogP contribution in [0.1, 0.15) is 23.0 Å². The lowest BCUT2D eigenvalue weighted by atomic mass is 10.4. The lowest BCUT2D eigenvalue weighted by molar-refractivity contribution is 0.0526. The fraction of sp³-hybridized carbons (Fsp3) is 0.273. The Balaban J connectivity index is 2.27. The molecule has 0 aromatic carbocycles. The third kappa shape index (κ3) is 2.47. The van der Waals surface area contributed by atoms with Gasteiger partial charge in [-0.05, 0) is 19.9 Å². The van der Waals surface area contributed by atoms with E-state index in [0.29, 0.717) is 18.1 Å². The highest BCUT2D eigenvalue weighted by Gasteiger charge is 2.11. The Morgan fingerprint density at radius 3 is 3.06 bits per heavy atom. The Morgan fingerprint density at radius 2 is 2.35 bits per heavy atom. The Kier molecular flexibility index (Phi) is 3.13. The highest BCUT2D eigenvalue weighted by molar-refractivity contribution is 5.88. The lowest BCUT2D eigenvalue weighted by Gasteiger charge is -1.99. The van der Waals surface area contributed by atoms with Crippen LogP contribution < -0.4 is 0 Å². The van der Waals surface area contributed by atoms with Gasteiger partial charge in [0.1, 0.15) is 0 Å². The Hall–Kier alpha value is -2.24. The van der Waals surface area contributed by atoms with Crippen molar-refractivity contribution in [3.8, 4) is 5.95 Å². The van der Waals surface area contributed by atoms with Crippen LogP contribution >= 0.6 is 0 Å². The topological polar surface area (TPSA) is 69.9 Å². The Morgan fingerprint density at radius 1 is 1.53 bits per heavy atom. The third-order valence-corrected chi connectivity index (χ3v) is 2.08. The van der Waals surface area contributed by atoms with E-state index < -0.39 is 5.97 Å². The highest BCUT2D eigenvalue weighted by atomic mass is 16.5.